The third kappa shape index (κ3) is 2.82. The van der Waals surface area contributed by atoms with E-state index in [1.54, 1.807) is 24.4 Å². The number of hydrogen-bond donors (Lipinski definition) is 1. The fraction of sp³-hybridized carbons (Fsp3) is 0.278. The number of aromatic amines is 1. The molecule has 1 saturated heterocycles. The lowest BCUT2D eigenvalue weighted by atomic mass is 10.2. The van der Waals surface area contributed by atoms with Gasteiger partial charge in [0.1, 0.15) is 11.5 Å². The number of anilines is 1. The van der Waals surface area contributed by atoms with Gasteiger partial charge in [0.05, 0.1) is 11.4 Å². The molecule has 0 bridgehead atoms. The maximum absolute atomic E-state index is 14.0. The Labute approximate surface area is 143 Å². The summed E-state index contributed by atoms with van der Waals surface area (Å²) >= 11 is 0. The standard InChI is InChI=1S/C18H18FN5O/c1-12-13(11-20-18(21-12)23-8-4-5-9-23)15-10-17(25)24(22-15)16-7-3-2-6-14(16)19/h2-3,6-7,10-11,22H,4-5,8-9H2,1H3. The van der Waals surface area contributed by atoms with Crippen LogP contribution in [0.5, 0.6) is 0 Å². The highest BCUT2D eigenvalue weighted by Gasteiger charge is 2.17. The fourth-order valence-corrected chi connectivity index (χ4v) is 3.13. The van der Waals surface area contributed by atoms with Crippen molar-refractivity contribution in [1.29, 1.82) is 0 Å². The van der Waals surface area contributed by atoms with Crippen LogP contribution in [0.2, 0.25) is 0 Å². The first-order valence-electron chi connectivity index (χ1n) is 8.29. The molecule has 3 heterocycles. The van der Waals surface area contributed by atoms with Gasteiger partial charge in [0.2, 0.25) is 5.95 Å². The van der Waals surface area contributed by atoms with E-state index < -0.39 is 5.82 Å². The van der Waals surface area contributed by atoms with Crippen LogP contribution in [0.15, 0.2) is 41.3 Å². The summed E-state index contributed by atoms with van der Waals surface area (Å²) in [5, 5.41) is 2.96. The molecule has 1 aromatic carbocycles. The summed E-state index contributed by atoms with van der Waals surface area (Å²) in [6.45, 7) is 3.83. The molecule has 1 aliphatic rings. The molecule has 0 radical (unpaired) electrons. The second-order valence-corrected chi connectivity index (χ2v) is 6.16. The number of H-pyrrole nitrogens is 1. The smallest absolute Gasteiger partial charge is 0.271 e. The molecule has 128 valence electrons. The molecule has 0 atom stereocenters. The number of benzene rings is 1. The Hall–Kier alpha value is -2.96. The lowest BCUT2D eigenvalue weighted by Gasteiger charge is -2.16. The normalized spacial score (nSPS) is 14.2. The first-order valence-corrected chi connectivity index (χ1v) is 8.29. The van der Waals surface area contributed by atoms with Crippen LogP contribution in [-0.4, -0.2) is 32.8 Å². The van der Waals surface area contributed by atoms with Gasteiger partial charge in [-0.3, -0.25) is 9.89 Å². The predicted molar refractivity (Wildman–Crippen MR) is 93.6 cm³/mol. The molecule has 1 fully saturated rings. The Kier molecular flexibility index (Phi) is 3.83. The van der Waals surface area contributed by atoms with E-state index in [0.29, 0.717) is 5.69 Å². The Balaban J connectivity index is 1.72. The van der Waals surface area contributed by atoms with Gasteiger partial charge in [-0.25, -0.2) is 19.0 Å². The lowest BCUT2D eigenvalue weighted by molar-refractivity contribution is 0.608. The second kappa shape index (κ2) is 6.16. The third-order valence-electron chi connectivity index (χ3n) is 4.46. The van der Waals surface area contributed by atoms with Gasteiger partial charge in [-0.15, -0.1) is 0 Å². The van der Waals surface area contributed by atoms with Crippen molar-refractivity contribution >= 4 is 5.95 Å². The van der Waals surface area contributed by atoms with Crippen LogP contribution in [0.3, 0.4) is 0 Å². The molecule has 1 N–H and O–H groups in total. The van der Waals surface area contributed by atoms with Gasteiger partial charge in [0.15, 0.2) is 0 Å². The van der Waals surface area contributed by atoms with E-state index in [0.717, 1.165) is 43.1 Å². The van der Waals surface area contributed by atoms with Gasteiger partial charge in [0.25, 0.3) is 5.56 Å². The van der Waals surface area contributed by atoms with E-state index in [1.807, 2.05) is 6.92 Å². The van der Waals surface area contributed by atoms with Gasteiger partial charge < -0.3 is 4.90 Å². The first-order chi connectivity index (χ1) is 12.1. The average molecular weight is 339 g/mol. The quantitative estimate of drug-likeness (QED) is 0.797. The lowest BCUT2D eigenvalue weighted by Crippen LogP contribution is -2.20. The number of para-hydroxylation sites is 1. The summed E-state index contributed by atoms with van der Waals surface area (Å²) in [6.07, 6.45) is 4.03. The molecule has 0 aliphatic carbocycles. The van der Waals surface area contributed by atoms with Crippen molar-refractivity contribution in [2.75, 3.05) is 18.0 Å². The number of nitrogens with zero attached hydrogens (tertiary/aromatic N) is 4. The van der Waals surface area contributed by atoms with Crippen molar-refractivity contribution in [3.63, 3.8) is 0 Å². The molecule has 4 rings (SSSR count). The van der Waals surface area contributed by atoms with Crippen molar-refractivity contribution < 1.29 is 4.39 Å². The van der Waals surface area contributed by atoms with Crippen LogP contribution in [0.4, 0.5) is 10.3 Å². The van der Waals surface area contributed by atoms with Crippen LogP contribution in [0.25, 0.3) is 16.9 Å². The second-order valence-electron chi connectivity index (χ2n) is 6.16. The highest BCUT2D eigenvalue weighted by Crippen LogP contribution is 2.23. The third-order valence-corrected chi connectivity index (χ3v) is 4.46. The minimum atomic E-state index is -0.463. The monoisotopic (exact) mass is 339 g/mol. The van der Waals surface area contributed by atoms with E-state index in [4.69, 9.17) is 0 Å². The fourth-order valence-electron chi connectivity index (χ4n) is 3.13. The number of aromatic nitrogens is 4. The predicted octanol–water partition coefficient (Wildman–Crippen LogP) is 2.67. The molecule has 0 saturated carbocycles. The number of rotatable bonds is 3. The summed E-state index contributed by atoms with van der Waals surface area (Å²) < 4.78 is 15.2. The summed E-state index contributed by atoms with van der Waals surface area (Å²) in [4.78, 5) is 23.4. The largest absolute Gasteiger partial charge is 0.341 e. The minimum absolute atomic E-state index is 0.186. The Morgan fingerprint density at radius 1 is 1.20 bits per heavy atom. The molecule has 6 nitrogen and oxygen atoms in total. The van der Waals surface area contributed by atoms with Crippen molar-refractivity contribution in [3.05, 3.63) is 58.4 Å². The maximum Gasteiger partial charge on any atom is 0.271 e. The molecule has 0 unspecified atom stereocenters. The van der Waals surface area contributed by atoms with E-state index in [-0.39, 0.29) is 11.2 Å². The van der Waals surface area contributed by atoms with Crippen LogP contribution in [-0.2, 0) is 0 Å². The maximum atomic E-state index is 14.0. The zero-order chi connectivity index (χ0) is 17.4. The molecule has 0 spiro atoms. The van der Waals surface area contributed by atoms with Crippen molar-refractivity contribution in [3.8, 4) is 16.9 Å². The highest BCUT2D eigenvalue weighted by molar-refractivity contribution is 5.61. The van der Waals surface area contributed by atoms with E-state index in [2.05, 4.69) is 20.0 Å². The Bertz CT molecular complexity index is 972. The average Bonchev–Trinajstić information content (AvgIpc) is 3.25. The van der Waals surface area contributed by atoms with Gasteiger partial charge in [-0.2, -0.15) is 0 Å². The molecule has 2 aromatic heterocycles. The van der Waals surface area contributed by atoms with Gasteiger partial charge in [0, 0.05) is 30.9 Å². The van der Waals surface area contributed by atoms with Crippen LogP contribution >= 0.6 is 0 Å². The summed E-state index contributed by atoms with van der Waals surface area (Å²) in [5.41, 5.74) is 1.93. The molecule has 0 amide bonds. The van der Waals surface area contributed by atoms with Gasteiger partial charge in [-0.05, 0) is 31.9 Å². The van der Waals surface area contributed by atoms with Gasteiger partial charge in [-0.1, -0.05) is 12.1 Å². The van der Waals surface area contributed by atoms with Crippen molar-refractivity contribution in [1.82, 2.24) is 19.7 Å². The number of nitrogens with one attached hydrogen (secondary N) is 1. The topological polar surface area (TPSA) is 66.8 Å². The molecular weight excluding hydrogens is 321 g/mol. The molecule has 25 heavy (non-hydrogen) atoms. The van der Waals surface area contributed by atoms with Crippen LogP contribution in [0.1, 0.15) is 18.5 Å². The number of halogens is 1. The Morgan fingerprint density at radius 2 is 1.96 bits per heavy atom. The molecule has 1 aliphatic heterocycles. The minimum Gasteiger partial charge on any atom is -0.341 e. The SMILES string of the molecule is Cc1nc(N2CCCC2)ncc1-c1cc(=O)n(-c2ccccc2F)[nH]1. The van der Waals surface area contributed by atoms with Crippen LogP contribution in [0, 0.1) is 12.7 Å². The zero-order valence-electron chi connectivity index (χ0n) is 13.9. The van der Waals surface area contributed by atoms with Crippen LogP contribution < -0.4 is 10.5 Å². The van der Waals surface area contributed by atoms with Gasteiger partial charge >= 0.3 is 0 Å². The molecular formula is C18H18FN5O. The summed E-state index contributed by atoms with van der Waals surface area (Å²) in [7, 11) is 0. The summed E-state index contributed by atoms with van der Waals surface area (Å²) in [5.74, 6) is 0.255. The summed E-state index contributed by atoms with van der Waals surface area (Å²) in [6, 6.07) is 7.58. The number of aryl methyl sites for hydroxylation is 1. The highest BCUT2D eigenvalue weighted by atomic mass is 19.1. The van der Waals surface area contributed by atoms with Crippen molar-refractivity contribution in [2.24, 2.45) is 0 Å². The molecule has 7 heteroatoms. The molecule has 3 aromatic rings. The van der Waals surface area contributed by atoms with E-state index >= 15 is 0 Å². The van der Waals surface area contributed by atoms with Crippen molar-refractivity contribution in [2.45, 2.75) is 19.8 Å². The number of hydrogen-bond acceptors (Lipinski definition) is 4. The van der Waals surface area contributed by atoms with E-state index in [1.165, 1.54) is 16.8 Å². The Morgan fingerprint density at radius 3 is 2.68 bits per heavy atom. The van der Waals surface area contributed by atoms with E-state index in [9.17, 15) is 9.18 Å². The first kappa shape index (κ1) is 15.6. The zero-order valence-corrected chi connectivity index (χ0v) is 13.9.